The van der Waals surface area contributed by atoms with Crippen LogP contribution in [0.1, 0.15) is 46.0 Å². The number of methoxy groups -OCH3 is 1. The molecule has 0 saturated heterocycles. The fraction of sp³-hybridized carbons (Fsp3) is 0.172. The number of carbonyl (C=O) groups excluding carboxylic acids is 1. The number of hydrogen-bond acceptors (Lipinski definition) is 5. The molecule has 0 spiro atoms. The summed E-state index contributed by atoms with van der Waals surface area (Å²) in [6.07, 6.45) is 0. The van der Waals surface area contributed by atoms with Gasteiger partial charge in [-0.25, -0.2) is 19.6 Å². The highest BCUT2D eigenvalue weighted by molar-refractivity contribution is 6.34. The molecule has 2 aromatic carbocycles. The SMILES string of the molecule is CC(F)(F)c1cccc(-c2ccc(Cl)c(C(=O)O)c2)n1.COC(=O)c1cc(-c2cccc(C(C)(F)F)n2)ccc1Cl. The van der Waals surface area contributed by atoms with Gasteiger partial charge in [-0.1, -0.05) is 47.5 Å². The second-order valence-corrected chi connectivity index (χ2v) is 9.59. The maximum Gasteiger partial charge on any atom is 0.339 e. The molecule has 4 aromatic rings. The van der Waals surface area contributed by atoms with Crippen molar-refractivity contribution in [2.75, 3.05) is 7.11 Å². The molecule has 2 aromatic heterocycles. The van der Waals surface area contributed by atoms with E-state index in [-0.39, 0.29) is 38.3 Å². The van der Waals surface area contributed by atoms with E-state index in [9.17, 15) is 27.2 Å². The fourth-order valence-electron chi connectivity index (χ4n) is 3.48. The van der Waals surface area contributed by atoms with Crippen molar-refractivity contribution in [3.63, 3.8) is 0 Å². The minimum absolute atomic E-state index is 0.0817. The van der Waals surface area contributed by atoms with Crippen LogP contribution in [0.2, 0.25) is 10.0 Å². The first kappa shape index (κ1) is 31.5. The number of rotatable bonds is 6. The third-order valence-corrected chi connectivity index (χ3v) is 6.22. The van der Waals surface area contributed by atoms with Crippen LogP contribution in [-0.2, 0) is 16.6 Å². The Morgan fingerprint density at radius 3 is 1.54 bits per heavy atom. The molecule has 6 nitrogen and oxygen atoms in total. The van der Waals surface area contributed by atoms with Gasteiger partial charge in [0.2, 0.25) is 0 Å². The van der Waals surface area contributed by atoms with Crippen LogP contribution in [0.15, 0.2) is 72.8 Å². The van der Waals surface area contributed by atoms with Crippen molar-refractivity contribution >= 4 is 35.1 Å². The van der Waals surface area contributed by atoms with E-state index in [1.807, 2.05) is 0 Å². The average Bonchev–Trinajstić information content (AvgIpc) is 2.92. The molecule has 0 aliphatic heterocycles. The first-order valence-corrected chi connectivity index (χ1v) is 12.5. The molecule has 0 fully saturated rings. The van der Waals surface area contributed by atoms with E-state index in [1.165, 1.54) is 67.8 Å². The predicted octanol–water partition coefficient (Wildman–Crippen LogP) is 8.51. The number of alkyl halides is 4. The molecule has 0 unspecified atom stereocenters. The molecular weight excluding hydrogens is 587 g/mol. The summed E-state index contributed by atoms with van der Waals surface area (Å²) in [5.74, 6) is -7.88. The second kappa shape index (κ2) is 12.7. The van der Waals surface area contributed by atoms with Crippen LogP contribution in [0.3, 0.4) is 0 Å². The van der Waals surface area contributed by atoms with Gasteiger partial charge < -0.3 is 9.84 Å². The van der Waals surface area contributed by atoms with Crippen molar-refractivity contribution in [2.24, 2.45) is 0 Å². The van der Waals surface area contributed by atoms with Gasteiger partial charge in [-0.15, -0.1) is 0 Å². The Morgan fingerprint density at radius 1 is 0.732 bits per heavy atom. The molecule has 0 saturated carbocycles. The summed E-state index contributed by atoms with van der Waals surface area (Å²) in [7, 11) is 1.24. The molecule has 41 heavy (non-hydrogen) atoms. The summed E-state index contributed by atoms with van der Waals surface area (Å²) in [6.45, 7) is 1.53. The number of pyridine rings is 2. The molecule has 214 valence electrons. The Labute approximate surface area is 242 Å². The molecule has 0 atom stereocenters. The minimum Gasteiger partial charge on any atom is -0.478 e. The first-order chi connectivity index (χ1) is 19.1. The largest absolute Gasteiger partial charge is 0.478 e. The van der Waals surface area contributed by atoms with Gasteiger partial charge in [0, 0.05) is 25.0 Å². The van der Waals surface area contributed by atoms with E-state index in [0.717, 1.165) is 13.8 Å². The van der Waals surface area contributed by atoms with Crippen LogP contribution in [0.5, 0.6) is 0 Å². The molecule has 0 radical (unpaired) electrons. The standard InChI is InChI=1S/C15H12ClF2NO2.C14H10ClF2NO2/c1-15(17,18)13-5-3-4-12(19-13)9-6-7-11(16)10(8-9)14(20)21-2;1-14(16,17)12-4-2-3-11(18-12)8-5-6-10(15)9(7-8)13(19)20/h3-8H,1-2H3;2-7H,1H3,(H,19,20). The van der Waals surface area contributed by atoms with Gasteiger partial charge in [-0.3, -0.25) is 0 Å². The Balaban J connectivity index is 0.000000226. The number of benzene rings is 2. The summed E-state index contributed by atoms with van der Waals surface area (Å²) < 4.78 is 57.7. The summed E-state index contributed by atoms with van der Waals surface area (Å²) in [5.41, 5.74) is 0.867. The number of carbonyl (C=O) groups is 2. The van der Waals surface area contributed by atoms with Gasteiger partial charge in [-0.05, 0) is 48.5 Å². The zero-order chi connectivity index (χ0) is 30.5. The quantitative estimate of drug-likeness (QED) is 0.174. The third kappa shape index (κ3) is 8.02. The maximum absolute atomic E-state index is 13.3. The molecule has 1 N–H and O–H groups in total. The zero-order valence-electron chi connectivity index (χ0n) is 21.8. The number of halogens is 6. The van der Waals surface area contributed by atoms with Crippen molar-refractivity contribution in [2.45, 2.75) is 25.7 Å². The first-order valence-electron chi connectivity index (χ1n) is 11.7. The van der Waals surface area contributed by atoms with Gasteiger partial charge in [0.05, 0.1) is 39.7 Å². The van der Waals surface area contributed by atoms with Gasteiger partial charge in [0.15, 0.2) is 0 Å². The topological polar surface area (TPSA) is 89.4 Å². The second-order valence-electron chi connectivity index (χ2n) is 8.78. The summed E-state index contributed by atoms with van der Waals surface area (Å²) >= 11 is 11.7. The number of carboxylic acids is 1. The summed E-state index contributed by atoms with van der Waals surface area (Å²) in [5, 5.41) is 9.30. The van der Waals surface area contributed by atoms with Crippen LogP contribution >= 0.6 is 23.2 Å². The normalized spacial score (nSPS) is 11.3. The number of nitrogens with zero attached hydrogens (tertiary/aromatic N) is 2. The number of hydrogen-bond donors (Lipinski definition) is 1. The third-order valence-electron chi connectivity index (χ3n) is 5.56. The lowest BCUT2D eigenvalue weighted by Crippen LogP contribution is -2.10. The molecule has 12 heteroatoms. The van der Waals surface area contributed by atoms with E-state index in [2.05, 4.69) is 14.7 Å². The number of esters is 1. The number of aromatic carboxylic acids is 1. The highest BCUT2D eigenvalue weighted by Gasteiger charge is 2.27. The molecule has 0 aliphatic rings. The average molecular weight is 609 g/mol. The highest BCUT2D eigenvalue weighted by Crippen LogP contribution is 2.30. The van der Waals surface area contributed by atoms with E-state index >= 15 is 0 Å². The molecule has 4 rings (SSSR count). The van der Waals surface area contributed by atoms with E-state index in [1.54, 1.807) is 12.1 Å². The fourth-order valence-corrected chi connectivity index (χ4v) is 3.87. The van der Waals surface area contributed by atoms with Gasteiger partial charge in [0.25, 0.3) is 11.8 Å². The van der Waals surface area contributed by atoms with Crippen molar-refractivity contribution in [1.82, 2.24) is 9.97 Å². The smallest absolute Gasteiger partial charge is 0.339 e. The van der Waals surface area contributed by atoms with Crippen LogP contribution in [0.25, 0.3) is 22.5 Å². The predicted molar refractivity (Wildman–Crippen MR) is 147 cm³/mol. The highest BCUT2D eigenvalue weighted by atomic mass is 35.5. The number of ether oxygens (including phenoxy) is 1. The molecule has 0 bridgehead atoms. The lowest BCUT2D eigenvalue weighted by atomic mass is 10.1. The van der Waals surface area contributed by atoms with Crippen LogP contribution in [0, 0.1) is 0 Å². The van der Waals surface area contributed by atoms with Gasteiger partial charge >= 0.3 is 11.9 Å². The molecule has 0 aliphatic carbocycles. The molecular formula is C29H22Cl2F4N2O4. The van der Waals surface area contributed by atoms with E-state index in [4.69, 9.17) is 28.3 Å². The monoisotopic (exact) mass is 608 g/mol. The summed E-state index contributed by atoms with van der Waals surface area (Å²) in [4.78, 5) is 30.4. The number of aromatic nitrogens is 2. The van der Waals surface area contributed by atoms with Crippen molar-refractivity contribution in [3.05, 3.63) is 105 Å². The Kier molecular flexibility index (Phi) is 9.73. The van der Waals surface area contributed by atoms with Crippen molar-refractivity contribution in [3.8, 4) is 22.5 Å². The Morgan fingerprint density at radius 2 is 1.15 bits per heavy atom. The van der Waals surface area contributed by atoms with E-state index in [0.29, 0.717) is 16.8 Å². The van der Waals surface area contributed by atoms with Crippen molar-refractivity contribution in [1.29, 1.82) is 0 Å². The Bertz CT molecular complexity index is 1590. The lowest BCUT2D eigenvalue weighted by molar-refractivity contribution is 0.0122. The van der Waals surface area contributed by atoms with Gasteiger partial charge in [0.1, 0.15) is 11.4 Å². The van der Waals surface area contributed by atoms with E-state index < -0.39 is 23.8 Å². The van der Waals surface area contributed by atoms with Crippen LogP contribution in [-0.4, -0.2) is 34.1 Å². The zero-order valence-corrected chi connectivity index (χ0v) is 23.3. The van der Waals surface area contributed by atoms with Crippen molar-refractivity contribution < 1.29 is 37.0 Å². The van der Waals surface area contributed by atoms with Crippen LogP contribution in [0.4, 0.5) is 17.6 Å². The molecule has 2 heterocycles. The number of carboxylic acid groups (broad SMARTS) is 1. The van der Waals surface area contributed by atoms with Gasteiger partial charge in [-0.2, -0.15) is 17.6 Å². The minimum atomic E-state index is -3.06. The lowest BCUT2D eigenvalue weighted by Gasteiger charge is -2.11. The molecule has 0 amide bonds. The van der Waals surface area contributed by atoms with Crippen LogP contribution < -0.4 is 0 Å². The maximum atomic E-state index is 13.3. The summed E-state index contributed by atoms with van der Waals surface area (Å²) in [6, 6.07) is 17.3. The Hall–Kier alpha value is -4.02.